The maximum absolute atomic E-state index is 14.2. The number of hydrogen-bond donors (Lipinski definition) is 4. The zero-order valence-electron chi connectivity index (χ0n) is 31.8. The quantitative estimate of drug-likeness (QED) is 0.155. The number of unbranched alkanes of at least 4 members (excludes halogenated alkanes) is 1. The summed E-state index contributed by atoms with van der Waals surface area (Å²) in [5.41, 5.74) is 14.3. The molecule has 4 atom stereocenters. The zero-order chi connectivity index (χ0) is 38.0. The summed E-state index contributed by atoms with van der Waals surface area (Å²) in [7, 11) is 0. The predicted octanol–water partition coefficient (Wildman–Crippen LogP) is 4.52. The molecule has 0 radical (unpaired) electrons. The van der Waals surface area contributed by atoms with E-state index in [1.807, 2.05) is 79.4 Å². The second-order valence-electron chi connectivity index (χ2n) is 16.8. The number of carbonyl (C=O) groups excluding carboxylic acids is 5. The molecule has 2 aliphatic heterocycles. The summed E-state index contributed by atoms with van der Waals surface area (Å²) in [6.45, 7) is 6.62. The average molecular weight is 728 g/mol. The van der Waals surface area contributed by atoms with Gasteiger partial charge in [0.2, 0.25) is 17.7 Å². The van der Waals surface area contributed by atoms with Crippen LogP contribution in [0.2, 0.25) is 0 Å². The Labute approximate surface area is 315 Å². The number of nitrogens with two attached hydrogens (primary N) is 2. The van der Waals surface area contributed by atoms with Crippen LogP contribution in [0.3, 0.4) is 0 Å². The molecule has 10 heteroatoms. The van der Waals surface area contributed by atoms with Crippen molar-refractivity contribution >= 4 is 29.3 Å². The topological polar surface area (TPSA) is 165 Å². The Kier molecular flexibility index (Phi) is 14.0. The van der Waals surface area contributed by atoms with Crippen molar-refractivity contribution in [2.75, 3.05) is 26.2 Å². The molecular weight excluding hydrogens is 667 g/mol. The number of carbonyl (C=O) groups is 5. The van der Waals surface area contributed by atoms with Crippen LogP contribution in [0.4, 0.5) is 0 Å². The van der Waals surface area contributed by atoms with Crippen LogP contribution in [-0.4, -0.2) is 72.5 Å². The lowest BCUT2D eigenvalue weighted by Crippen LogP contribution is -2.54. The van der Waals surface area contributed by atoms with Crippen molar-refractivity contribution in [2.24, 2.45) is 40.1 Å². The Balaban J connectivity index is 1.24. The third-order valence-electron chi connectivity index (χ3n) is 11.9. The molecule has 0 unspecified atom stereocenters. The molecule has 0 aromatic heterocycles. The van der Waals surface area contributed by atoms with E-state index in [0.29, 0.717) is 51.7 Å². The smallest absolute Gasteiger partial charge is 0.226 e. The Morgan fingerprint density at radius 3 is 2.00 bits per heavy atom. The average Bonchev–Trinajstić information content (AvgIpc) is 3.51. The van der Waals surface area contributed by atoms with E-state index in [1.165, 1.54) is 0 Å². The largest absolute Gasteiger partial charge is 0.356 e. The first-order valence-corrected chi connectivity index (χ1v) is 19.8. The minimum Gasteiger partial charge on any atom is -0.356 e. The fourth-order valence-electron chi connectivity index (χ4n) is 9.15. The Morgan fingerprint density at radius 1 is 0.830 bits per heavy atom. The van der Waals surface area contributed by atoms with E-state index in [4.69, 9.17) is 11.5 Å². The predicted molar refractivity (Wildman–Crippen MR) is 206 cm³/mol. The maximum Gasteiger partial charge on any atom is 0.226 e. The highest BCUT2D eigenvalue weighted by molar-refractivity contribution is 5.95. The monoisotopic (exact) mass is 727 g/mol. The van der Waals surface area contributed by atoms with Gasteiger partial charge in [0.15, 0.2) is 11.6 Å². The number of rotatable bonds is 19. The van der Waals surface area contributed by atoms with Gasteiger partial charge in [0.1, 0.15) is 0 Å². The van der Waals surface area contributed by atoms with Crippen molar-refractivity contribution in [3.05, 3.63) is 71.8 Å². The number of amides is 3. The maximum atomic E-state index is 14.2. The summed E-state index contributed by atoms with van der Waals surface area (Å²) >= 11 is 0. The third-order valence-corrected chi connectivity index (χ3v) is 11.9. The van der Waals surface area contributed by atoms with Gasteiger partial charge in [0.25, 0.3) is 0 Å². The van der Waals surface area contributed by atoms with Gasteiger partial charge in [-0.1, -0.05) is 80.9 Å². The summed E-state index contributed by atoms with van der Waals surface area (Å²) in [6, 6.07) is 17.6. The molecule has 6 N–H and O–H groups in total. The van der Waals surface area contributed by atoms with Crippen LogP contribution in [0.25, 0.3) is 0 Å². The molecule has 10 nitrogen and oxygen atoms in total. The van der Waals surface area contributed by atoms with Crippen molar-refractivity contribution in [1.82, 2.24) is 15.5 Å². The third kappa shape index (κ3) is 11.1. The number of nitrogens with one attached hydrogen (secondary N) is 2. The van der Waals surface area contributed by atoms with Gasteiger partial charge in [0, 0.05) is 50.7 Å². The number of Topliss-reactive ketones (excluding diaryl/α,β-unsaturated/α-hetero) is 2. The fourth-order valence-corrected chi connectivity index (χ4v) is 9.15. The molecule has 3 fully saturated rings. The van der Waals surface area contributed by atoms with Crippen molar-refractivity contribution < 1.29 is 24.0 Å². The molecule has 288 valence electrons. The number of piperidine rings is 1. The van der Waals surface area contributed by atoms with E-state index in [2.05, 4.69) is 10.6 Å². The van der Waals surface area contributed by atoms with E-state index in [0.717, 1.165) is 56.2 Å². The highest BCUT2D eigenvalue weighted by atomic mass is 16.2. The molecule has 2 heterocycles. The van der Waals surface area contributed by atoms with Crippen LogP contribution >= 0.6 is 0 Å². The highest BCUT2D eigenvalue weighted by Crippen LogP contribution is 2.62. The summed E-state index contributed by atoms with van der Waals surface area (Å²) in [6.07, 6.45) is 7.74. The summed E-state index contributed by atoms with van der Waals surface area (Å²) in [5, 5.41) is 6.05. The lowest BCUT2D eigenvalue weighted by Gasteiger charge is -2.57. The molecule has 1 saturated carbocycles. The van der Waals surface area contributed by atoms with E-state index in [9.17, 15) is 24.0 Å². The zero-order valence-corrected chi connectivity index (χ0v) is 31.8. The molecule has 5 rings (SSSR count). The molecule has 2 aromatic carbocycles. The number of benzene rings is 2. The molecule has 3 aliphatic rings. The van der Waals surface area contributed by atoms with Gasteiger partial charge in [-0.3, -0.25) is 24.0 Å². The Bertz CT molecular complexity index is 1550. The van der Waals surface area contributed by atoms with Crippen molar-refractivity contribution in [2.45, 2.75) is 109 Å². The Morgan fingerprint density at radius 2 is 1.43 bits per heavy atom. The molecule has 1 aliphatic carbocycles. The standard InChI is InChI=1S/C43H61N5O5/c1-30(2)21-36(47-40(52)34(22-31-11-5-3-6-12-31)25-37(49)35(45)23-32-13-7-4-8-14-32)38(50)24-33(15-9-10-18-44)41(53)48-19-16-42(17-20-48)27-43(28-42)26-39(51)46-29-43/h3-8,11-14,30,33-36H,9-10,15-29,44-45H2,1-2H3,(H,46,51)(H,47,52)/t33-,34-,35+,36+/m0/s1. The summed E-state index contributed by atoms with van der Waals surface area (Å²) in [5.74, 6) is -1.64. The van der Waals surface area contributed by atoms with Gasteiger partial charge in [-0.05, 0) is 92.2 Å². The van der Waals surface area contributed by atoms with Gasteiger partial charge in [-0.15, -0.1) is 0 Å². The molecule has 2 spiro atoms. The number of ketones is 2. The molecule has 2 saturated heterocycles. The molecule has 3 amide bonds. The van der Waals surface area contributed by atoms with Crippen molar-refractivity contribution in [3.63, 3.8) is 0 Å². The normalized spacial score (nSPS) is 19.6. The van der Waals surface area contributed by atoms with Crippen LogP contribution in [0, 0.1) is 28.6 Å². The van der Waals surface area contributed by atoms with Gasteiger partial charge in [-0.25, -0.2) is 0 Å². The summed E-state index contributed by atoms with van der Waals surface area (Å²) in [4.78, 5) is 69.6. The van der Waals surface area contributed by atoms with Crippen molar-refractivity contribution in [3.8, 4) is 0 Å². The lowest BCUT2D eigenvalue weighted by atomic mass is 9.49. The second kappa shape index (κ2) is 18.4. The van der Waals surface area contributed by atoms with Crippen LogP contribution < -0.4 is 22.1 Å². The number of likely N-dealkylation sites (tertiary alicyclic amines) is 1. The SMILES string of the molecule is CC(C)C[C@@H](NC(=O)[C@H](CC(=O)[C@H](N)Cc1ccccc1)Cc1ccccc1)C(=O)C[C@H](CCCCN)C(=O)N1CCC2(CC1)CC1(CNC(=O)C1)C2. The highest BCUT2D eigenvalue weighted by Gasteiger charge is 2.57. The van der Waals surface area contributed by atoms with Crippen LogP contribution in [0.5, 0.6) is 0 Å². The Hall–Kier alpha value is -3.89. The first kappa shape index (κ1) is 40.3. The van der Waals surface area contributed by atoms with Gasteiger partial charge >= 0.3 is 0 Å². The lowest BCUT2D eigenvalue weighted by molar-refractivity contribution is -0.144. The fraction of sp³-hybridized carbons (Fsp3) is 0.605. The van der Waals surface area contributed by atoms with E-state index in [-0.39, 0.29) is 58.9 Å². The second-order valence-corrected chi connectivity index (χ2v) is 16.8. The van der Waals surface area contributed by atoms with Gasteiger partial charge in [0.05, 0.1) is 12.1 Å². The van der Waals surface area contributed by atoms with Crippen LogP contribution in [-0.2, 0) is 36.8 Å². The van der Waals surface area contributed by atoms with Crippen molar-refractivity contribution in [1.29, 1.82) is 0 Å². The van der Waals surface area contributed by atoms with E-state index < -0.39 is 23.9 Å². The van der Waals surface area contributed by atoms with Crippen LogP contribution in [0.1, 0.15) is 95.6 Å². The van der Waals surface area contributed by atoms with E-state index >= 15 is 0 Å². The molecular formula is C43H61N5O5. The molecule has 53 heavy (non-hydrogen) atoms. The van der Waals surface area contributed by atoms with Gasteiger partial charge in [-0.2, -0.15) is 0 Å². The van der Waals surface area contributed by atoms with Crippen LogP contribution in [0.15, 0.2) is 60.7 Å². The minimum absolute atomic E-state index is 0.00606. The molecule has 0 bridgehead atoms. The number of nitrogens with zero attached hydrogens (tertiary/aromatic N) is 1. The molecule has 2 aromatic rings. The number of hydrogen-bond acceptors (Lipinski definition) is 7. The first-order valence-electron chi connectivity index (χ1n) is 19.8. The first-order chi connectivity index (χ1) is 25.4. The summed E-state index contributed by atoms with van der Waals surface area (Å²) < 4.78 is 0. The minimum atomic E-state index is -0.780. The van der Waals surface area contributed by atoms with E-state index in [1.54, 1.807) is 0 Å². The van der Waals surface area contributed by atoms with Gasteiger partial charge < -0.3 is 27.0 Å².